The van der Waals surface area contributed by atoms with E-state index >= 15 is 0 Å². The Bertz CT molecular complexity index is 3380. The van der Waals surface area contributed by atoms with Crippen molar-refractivity contribution in [2.24, 2.45) is 11.3 Å². The first-order valence-corrected chi connectivity index (χ1v) is 34.6. The summed E-state index contributed by atoms with van der Waals surface area (Å²) in [5, 5.41) is 30.1. The molecule has 9 rings (SSSR count). The highest BCUT2D eigenvalue weighted by Gasteiger charge is 2.35. The summed E-state index contributed by atoms with van der Waals surface area (Å²) in [5.41, 5.74) is 9.67. The maximum atomic E-state index is 12.1. The Balaban J connectivity index is 0.000000258. The standard InChI is InChI=1S/C23H32O4.C14H14.C13H24N2O5.C12H16O3.2C10H14O/c1-6-18(3)19-7-9-22(10-8-19)26-11-12-27-23-20(15-24-4)13-17(2)14-21(23)16-25-5;1-9-10(2)13-8-4-6-11-5-3-7-12(9)14(11)13;1-5-10(2)12(16)20-11-6-14(8-18-3)13(17)15(7-11)9-19-4;1-4-12(2,3)11(14)15-10-7-5-9(13)6-8-10;1-3-8(2)9-4-6-10(11)7-5-9;1-3-8(2)9-5-4-6-10(11)7-9/h7-10,13-14,18H,6,11-12,15-16H2,1-5H3;3-10H,1-2H3;10-11H,5-9H2,1-4H3;5-8,13H,4H2,1-3H3;2*4-8,11H,3H2,1-2H3. The fraction of sp³-hybridized carbons (Fsp3) is 0.476. The van der Waals surface area contributed by atoms with Gasteiger partial charge in [-0.05, 0) is 182 Å². The number of phenolic OH excluding ortho intramolecular Hbond substituents is 3. The molecule has 0 bridgehead atoms. The minimum absolute atomic E-state index is 0.139. The van der Waals surface area contributed by atoms with Crippen LogP contribution in [0.1, 0.15) is 196 Å². The number of hydrogen-bond acceptors (Lipinski definition) is 14. The lowest BCUT2D eigenvalue weighted by Gasteiger charge is -2.38. The van der Waals surface area contributed by atoms with Gasteiger partial charge in [0.25, 0.3) is 0 Å². The predicted molar refractivity (Wildman–Crippen MR) is 393 cm³/mol. The second kappa shape index (κ2) is 42.6. The van der Waals surface area contributed by atoms with E-state index in [2.05, 4.69) is 123 Å². The molecular formula is C82H114N2O14. The molecule has 3 N–H and O–H groups in total. The lowest BCUT2D eigenvalue weighted by molar-refractivity contribution is -0.158. The fourth-order valence-electron chi connectivity index (χ4n) is 10.7. The Morgan fingerprint density at radius 2 is 0.990 bits per heavy atom. The van der Waals surface area contributed by atoms with Crippen LogP contribution in [-0.4, -0.2) is 117 Å². The highest BCUT2D eigenvalue weighted by atomic mass is 16.6. The van der Waals surface area contributed by atoms with Crippen LogP contribution in [0.3, 0.4) is 0 Å². The van der Waals surface area contributed by atoms with E-state index in [-0.39, 0.29) is 49.2 Å². The van der Waals surface area contributed by atoms with E-state index in [4.69, 9.17) is 53.2 Å². The van der Waals surface area contributed by atoms with Gasteiger partial charge >= 0.3 is 18.0 Å². The molecule has 6 atom stereocenters. The van der Waals surface area contributed by atoms with Crippen molar-refractivity contribution in [2.45, 2.75) is 178 Å². The summed E-state index contributed by atoms with van der Waals surface area (Å²) >= 11 is 0. The van der Waals surface area contributed by atoms with Gasteiger partial charge in [0.2, 0.25) is 0 Å². The number of aromatic hydroxyl groups is 3. The first-order valence-electron chi connectivity index (χ1n) is 34.6. The third kappa shape index (κ3) is 25.9. The third-order valence-electron chi connectivity index (χ3n) is 18.2. The molecule has 1 saturated heterocycles. The molecule has 6 unspecified atom stereocenters. The molecule has 7 aromatic rings. The van der Waals surface area contributed by atoms with Gasteiger partial charge in [-0.2, -0.15) is 0 Å². The van der Waals surface area contributed by atoms with E-state index < -0.39 is 5.41 Å². The molecule has 0 saturated carbocycles. The van der Waals surface area contributed by atoms with E-state index in [0.717, 1.165) is 54.7 Å². The summed E-state index contributed by atoms with van der Waals surface area (Å²) in [7, 11) is 6.41. The number of esters is 2. The molecule has 0 radical (unpaired) electrons. The minimum atomic E-state index is -0.474. The smallest absolute Gasteiger partial charge is 0.323 e. The zero-order chi connectivity index (χ0) is 72.5. The van der Waals surface area contributed by atoms with Gasteiger partial charge in [-0.15, -0.1) is 0 Å². The van der Waals surface area contributed by atoms with Gasteiger partial charge in [-0.25, -0.2) is 4.79 Å². The summed E-state index contributed by atoms with van der Waals surface area (Å²) < 4.78 is 43.1. The SMILES string of the molecule is CC1c2cccc3cccc(c23)C1C.CCC(C)(C)C(=O)Oc1ccc(O)cc1.CCC(C)C(=O)OC1CN(COC)C(=O)N(COC)C1.CCC(C)c1ccc(O)cc1.CCC(C)c1ccc(OCCOc2c(COC)cc(C)cc2COC)cc1.CCC(C)c1cccc(O)c1. The van der Waals surface area contributed by atoms with Crippen molar-refractivity contribution in [2.75, 3.05) is 68.2 Å². The Morgan fingerprint density at radius 3 is 1.44 bits per heavy atom. The molecule has 1 heterocycles. The summed E-state index contributed by atoms with van der Waals surface area (Å²) in [4.78, 5) is 38.6. The quantitative estimate of drug-likeness (QED) is 0.0278. The van der Waals surface area contributed by atoms with E-state index in [1.807, 2.05) is 77.1 Å². The number of methoxy groups -OCH3 is 4. The van der Waals surface area contributed by atoms with Crippen molar-refractivity contribution >= 4 is 28.7 Å². The van der Waals surface area contributed by atoms with Crippen molar-refractivity contribution in [1.82, 2.24) is 9.80 Å². The van der Waals surface area contributed by atoms with Crippen LogP contribution in [0.25, 0.3) is 10.8 Å². The van der Waals surface area contributed by atoms with Crippen LogP contribution in [0.2, 0.25) is 0 Å². The Morgan fingerprint density at radius 1 is 0.541 bits per heavy atom. The summed E-state index contributed by atoms with van der Waals surface area (Å²) in [6.45, 7) is 32.2. The number of nitrogens with zero attached hydrogens (tertiary/aromatic N) is 2. The number of rotatable bonds is 25. The minimum Gasteiger partial charge on any atom is -0.508 e. The molecule has 1 fully saturated rings. The van der Waals surface area contributed by atoms with Crippen LogP contribution in [0, 0.1) is 18.3 Å². The van der Waals surface area contributed by atoms with Crippen LogP contribution in [0.4, 0.5) is 4.79 Å². The Labute approximate surface area is 585 Å². The van der Waals surface area contributed by atoms with Crippen LogP contribution >= 0.6 is 0 Å². The second-order valence-corrected chi connectivity index (χ2v) is 26.1. The molecule has 16 nitrogen and oxygen atoms in total. The number of phenols is 3. The van der Waals surface area contributed by atoms with Gasteiger partial charge in [0.1, 0.15) is 67.3 Å². The van der Waals surface area contributed by atoms with Gasteiger partial charge in [0.15, 0.2) is 0 Å². The van der Waals surface area contributed by atoms with Crippen molar-refractivity contribution in [3.63, 3.8) is 0 Å². The molecule has 98 heavy (non-hydrogen) atoms. The first kappa shape index (κ1) is 82.3. The zero-order valence-electron chi connectivity index (χ0n) is 61.8. The predicted octanol–water partition coefficient (Wildman–Crippen LogP) is 18.8. The number of benzene rings is 7. The summed E-state index contributed by atoms with van der Waals surface area (Å²) in [5.74, 6) is 5.46. The molecule has 0 aromatic heterocycles. The number of urea groups is 1. The van der Waals surface area contributed by atoms with E-state index in [9.17, 15) is 14.4 Å². The van der Waals surface area contributed by atoms with Gasteiger partial charge in [-0.1, -0.05) is 167 Å². The maximum Gasteiger partial charge on any atom is 0.323 e. The molecule has 2 amide bonds. The average molecular weight is 1350 g/mol. The van der Waals surface area contributed by atoms with E-state index in [1.54, 1.807) is 44.6 Å². The van der Waals surface area contributed by atoms with Gasteiger partial charge in [0, 0.05) is 39.6 Å². The van der Waals surface area contributed by atoms with Gasteiger partial charge in [-0.3, -0.25) is 19.4 Å². The number of carbonyl (C=O) groups excluding carboxylic acids is 3. The lowest BCUT2D eigenvalue weighted by Crippen LogP contribution is -2.57. The normalized spacial score (nSPS) is 15.1. The number of hydrogen-bond donors (Lipinski definition) is 3. The van der Waals surface area contributed by atoms with Crippen LogP contribution in [0.15, 0.2) is 146 Å². The maximum absolute atomic E-state index is 12.1. The van der Waals surface area contributed by atoms with Crippen molar-refractivity contribution in [1.29, 1.82) is 0 Å². The Hall–Kier alpha value is -8.15. The van der Waals surface area contributed by atoms with Crippen LogP contribution < -0.4 is 14.2 Å². The molecule has 2 aliphatic rings. The molecular weight excluding hydrogens is 1240 g/mol. The Kier molecular flexibility index (Phi) is 35.8. The highest BCUT2D eigenvalue weighted by Crippen LogP contribution is 2.46. The number of aryl methyl sites for hydroxylation is 1. The fourth-order valence-corrected chi connectivity index (χ4v) is 10.7. The topological polar surface area (TPSA) is 192 Å². The van der Waals surface area contributed by atoms with Crippen LogP contribution in [0.5, 0.6) is 34.5 Å². The monoisotopic (exact) mass is 1350 g/mol. The first-order chi connectivity index (χ1) is 46.8. The van der Waals surface area contributed by atoms with E-state index in [0.29, 0.717) is 86.4 Å². The molecule has 1 aliphatic heterocycles. The molecule has 536 valence electrons. The van der Waals surface area contributed by atoms with Crippen molar-refractivity contribution in [3.8, 4) is 34.5 Å². The number of amides is 2. The van der Waals surface area contributed by atoms with Crippen molar-refractivity contribution in [3.05, 3.63) is 190 Å². The van der Waals surface area contributed by atoms with E-state index in [1.165, 1.54) is 80.3 Å². The third-order valence-corrected chi connectivity index (χ3v) is 18.2. The zero-order valence-corrected chi connectivity index (χ0v) is 61.8. The van der Waals surface area contributed by atoms with Crippen molar-refractivity contribution < 1.29 is 67.6 Å². The second-order valence-electron chi connectivity index (χ2n) is 26.1. The molecule has 16 heteroatoms. The van der Waals surface area contributed by atoms with Gasteiger partial charge in [0.05, 0.1) is 37.6 Å². The molecule has 1 aliphatic carbocycles. The summed E-state index contributed by atoms with van der Waals surface area (Å²) in [6.07, 6.45) is 4.49. The average Bonchev–Trinajstić information content (AvgIpc) is 1.61. The number of carbonyl (C=O) groups is 3. The summed E-state index contributed by atoms with van der Waals surface area (Å²) in [6, 6.07) is 46.7. The lowest BCUT2D eigenvalue weighted by atomic mass is 9.91. The largest absolute Gasteiger partial charge is 0.508 e. The molecule has 0 spiro atoms. The molecule has 7 aromatic carbocycles. The van der Waals surface area contributed by atoms with Gasteiger partial charge < -0.3 is 53.2 Å². The highest BCUT2D eigenvalue weighted by molar-refractivity contribution is 5.92. The number of ether oxygens (including phenoxy) is 8. The van der Waals surface area contributed by atoms with Crippen LogP contribution in [-0.2, 0) is 46.5 Å².